The second-order valence-corrected chi connectivity index (χ2v) is 8.52. The molecule has 2 aliphatic rings. The molecule has 0 aromatic heterocycles. The first-order valence-electron chi connectivity index (χ1n) is 8.10. The molecule has 0 radical (unpaired) electrons. The molecule has 1 saturated carbocycles. The van der Waals surface area contributed by atoms with E-state index < -0.39 is 10.0 Å². The first-order chi connectivity index (χ1) is 11.0. The van der Waals surface area contributed by atoms with E-state index in [0.717, 1.165) is 13.1 Å². The van der Waals surface area contributed by atoms with Gasteiger partial charge in [0.2, 0.25) is 10.0 Å². The summed E-state index contributed by atoms with van der Waals surface area (Å²) in [4.78, 5) is 2.68. The lowest BCUT2D eigenvalue weighted by atomic mass is 10.2. The molecule has 1 saturated heterocycles. The molecule has 1 aromatic carbocycles. The molecule has 23 heavy (non-hydrogen) atoms. The quantitative estimate of drug-likeness (QED) is 0.830. The molecular weight excluding hydrogens is 336 g/mol. The minimum absolute atomic E-state index is 0.234. The number of piperazine rings is 1. The second kappa shape index (κ2) is 6.97. The van der Waals surface area contributed by atoms with Crippen molar-refractivity contribution in [2.24, 2.45) is 0 Å². The molecule has 0 bridgehead atoms. The molecule has 7 heteroatoms. The third-order valence-corrected chi connectivity index (χ3v) is 7.07. The molecule has 1 aromatic rings. The van der Waals surface area contributed by atoms with E-state index in [4.69, 9.17) is 16.3 Å². The summed E-state index contributed by atoms with van der Waals surface area (Å²) in [7, 11) is -1.98. The standard InChI is InChI=1S/C16H23ClN2O3S/c1-22-16-7-6-14(12-15(16)17)23(20,21)19-10-8-18(9-11-19)13-4-2-3-5-13/h6-7,12-13H,2-5,8-11H2,1H3. The average Bonchev–Trinajstić information content (AvgIpc) is 3.09. The van der Waals surface area contributed by atoms with Gasteiger partial charge in [0.15, 0.2) is 0 Å². The van der Waals surface area contributed by atoms with Gasteiger partial charge in [-0.1, -0.05) is 24.4 Å². The maximum absolute atomic E-state index is 12.8. The SMILES string of the molecule is COc1ccc(S(=O)(=O)N2CCN(C3CCCC3)CC2)cc1Cl. The molecule has 5 nitrogen and oxygen atoms in total. The van der Waals surface area contributed by atoms with Crippen molar-refractivity contribution in [3.05, 3.63) is 23.2 Å². The van der Waals surface area contributed by atoms with E-state index >= 15 is 0 Å². The molecule has 1 heterocycles. The summed E-state index contributed by atoms with van der Waals surface area (Å²) in [6.45, 7) is 2.71. The van der Waals surface area contributed by atoms with Crippen molar-refractivity contribution < 1.29 is 13.2 Å². The Bertz CT molecular complexity index is 651. The van der Waals surface area contributed by atoms with Crippen molar-refractivity contribution >= 4 is 21.6 Å². The highest BCUT2D eigenvalue weighted by atomic mass is 35.5. The zero-order chi connectivity index (χ0) is 16.4. The normalized spacial score (nSPS) is 21.7. The van der Waals surface area contributed by atoms with Crippen LogP contribution in [0.3, 0.4) is 0 Å². The van der Waals surface area contributed by atoms with Gasteiger partial charge in [0.05, 0.1) is 17.0 Å². The van der Waals surface area contributed by atoms with Crippen molar-refractivity contribution in [3.8, 4) is 5.75 Å². The van der Waals surface area contributed by atoms with Gasteiger partial charge in [0.25, 0.3) is 0 Å². The van der Waals surface area contributed by atoms with Gasteiger partial charge in [0.1, 0.15) is 5.75 Å². The van der Waals surface area contributed by atoms with E-state index in [1.807, 2.05) is 0 Å². The fraction of sp³-hybridized carbons (Fsp3) is 0.625. The van der Waals surface area contributed by atoms with E-state index in [2.05, 4.69) is 4.90 Å². The van der Waals surface area contributed by atoms with Crippen molar-refractivity contribution in [1.82, 2.24) is 9.21 Å². The van der Waals surface area contributed by atoms with Gasteiger partial charge in [-0.3, -0.25) is 4.90 Å². The third kappa shape index (κ3) is 3.50. The first kappa shape index (κ1) is 17.0. The van der Waals surface area contributed by atoms with Gasteiger partial charge in [-0.15, -0.1) is 0 Å². The summed E-state index contributed by atoms with van der Waals surface area (Å²) >= 11 is 6.07. The molecule has 1 aliphatic carbocycles. The van der Waals surface area contributed by atoms with Crippen LogP contribution in [-0.2, 0) is 10.0 Å². The van der Waals surface area contributed by atoms with Gasteiger partial charge in [-0.2, -0.15) is 4.31 Å². The van der Waals surface area contributed by atoms with Crippen LogP contribution in [0.4, 0.5) is 0 Å². The van der Waals surface area contributed by atoms with Crippen LogP contribution in [-0.4, -0.2) is 57.0 Å². The van der Waals surface area contributed by atoms with Crippen molar-refractivity contribution in [2.45, 2.75) is 36.6 Å². The minimum Gasteiger partial charge on any atom is -0.495 e. The fourth-order valence-electron chi connectivity index (χ4n) is 3.54. The average molecular weight is 359 g/mol. The molecule has 0 atom stereocenters. The molecule has 0 spiro atoms. The van der Waals surface area contributed by atoms with E-state index in [1.54, 1.807) is 16.4 Å². The number of ether oxygens (including phenoxy) is 1. The molecule has 0 amide bonds. The van der Waals surface area contributed by atoms with Crippen LogP contribution in [0.5, 0.6) is 5.75 Å². The van der Waals surface area contributed by atoms with Gasteiger partial charge in [0, 0.05) is 32.2 Å². The number of hydrogen-bond donors (Lipinski definition) is 0. The summed E-state index contributed by atoms with van der Waals surface area (Å²) in [5.41, 5.74) is 0. The minimum atomic E-state index is -3.49. The fourth-order valence-corrected chi connectivity index (χ4v) is 5.31. The van der Waals surface area contributed by atoms with Crippen LogP contribution < -0.4 is 4.74 Å². The number of benzene rings is 1. The van der Waals surface area contributed by atoms with Crippen LogP contribution >= 0.6 is 11.6 Å². The Kier molecular flexibility index (Phi) is 5.16. The number of halogens is 1. The number of nitrogens with zero attached hydrogens (tertiary/aromatic N) is 2. The molecule has 0 N–H and O–H groups in total. The Morgan fingerprint density at radius 2 is 1.78 bits per heavy atom. The van der Waals surface area contributed by atoms with Gasteiger partial charge in [-0.25, -0.2) is 8.42 Å². The van der Waals surface area contributed by atoms with E-state index in [9.17, 15) is 8.42 Å². The highest BCUT2D eigenvalue weighted by Crippen LogP contribution is 2.29. The largest absolute Gasteiger partial charge is 0.495 e. The lowest BCUT2D eigenvalue weighted by molar-refractivity contribution is 0.139. The van der Waals surface area contributed by atoms with Crippen LogP contribution in [0, 0.1) is 0 Å². The molecule has 2 fully saturated rings. The van der Waals surface area contributed by atoms with Crippen LogP contribution in [0.25, 0.3) is 0 Å². The zero-order valence-corrected chi connectivity index (χ0v) is 14.9. The Labute approximate surface area is 143 Å². The highest BCUT2D eigenvalue weighted by Gasteiger charge is 2.32. The van der Waals surface area contributed by atoms with Gasteiger partial charge < -0.3 is 4.74 Å². The lowest BCUT2D eigenvalue weighted by Gasteiger charge is -2.37. The Hall–Kier alpha value is -0.820. The number of hydrogen-bond acceptors (Lipinski definition) is 4. The topological polar surface area (TPSA) is 49.9 Å². The predicted molar refractivity (Wildman–Crippen MR) is 90.6 cm³/mol. The van der Waals surface area contributed by atoms with Crippen LogP contribution in [0.15, 0.2) is 23.1 Å². The lowest BCUT2D eigenvalue weighted by Crippen LogP contribution is -2.51. The number of methoxy groups -OCH3 is 1. The first-order valence-corrected chi connectivity index (χ1v) is 9.92. The number of sulfonamides is 1. The monoisotopic (exact) mass is 358 g/mol. The zero-order valence-electron chi connectivity index (χ0n) is 13.4. The van der Waals surface area contributed by atoms with Crippen molar-refractivity contribution in [1.29, 1.82) is 0 Å². The van der Waals surface area contributed by atoms with Gasteiger partial charge in [-0.05, 0) is 31.0 Å². The maximum atomic E-state index is 12.8. The molecule has 3 rings (SSSR count). The molecular formula is C16H23ClN2O3S. The van der Waals surface area contributed by atoms with E-state index in [0.29, 0.717) is 29.9 Å². The highest BCUT2D eigenvalue weighted by molar-refractivity contribution is 7.89. The third-order valence-electron chi connectivity index (χ3n) is 4.88. The summed E-state index contributed by atoms with van der Waals surface area (Å²) in [5, 5.41) is 0.318. The summed E-state index contributed by atoms with van der Waals surface area (Å²) < 4.78 is 32.2. The Balaban J connectivity index is 1.70. The smallest absolute Gasteiger partial charge is 0.243 e. The van der Waals surface area contributed by atoms with Crippen molar-refractivity contribution in [3.63, 3.8) is 0 Å². The van der Waals surface area contributed by atoms with E-state index in [1.165, 1.54) is 38.9 Å². The molecule has 128 valence electrons. The molecule has 1 aliphatic heterocycles. The van der Waals surface area contributed by atoms with Crippen molar-refractivity contribution in [2.75, 3.05) is 33.3 Å². The number of rotatable bonds is 4. The summed E-state index contributed by atoms with van der Waals surface area (Å²) in [6, 6.07) is 5.28. The Morgan fingerprint density at radius 3 is 2.35 bits per heavy atom. The maximum Gasteiger partial charge on any atom is 0.243 e. The van der Waals surface area contributed by atoms with Gasteiger partial charge >= 0.3 is 0 Å². The molecule has 0 unspecified atom stereocenters. The Morgan fingerprint density at radius 1 is 1.13 bits per heavy atom. The predicted octanol–water partition coefficient (Wildman–Crippen LogP) is 2.60. The second-order valence-electron chi connectivity index (χ2n) is 6.17. The van der Waals surface area contributed by atoms with Crippen LogP contribution in [0.1, 0.15) is 25.7 Å². The van der Waals surface area contributed by atoms with E-state index in [-0.39, 0.29) is 4.90 Å². The summed E-state index contributed by atoms with van der Waals surface area (Å²) in [6.07, 6.45) is 5.10. The summed E-state index contributed by atoms with van der Waals surface area (Å²) in [5.74, 6) is 0.483. The van der Waals surface area contributed by atoms with Crippen LogP contribution in [0.2, 0.25) is 5.02 Å².